The van der Waals surface area contributed by atoms with E-state index >= 15 is 0 Å². The molecule has 1 rings (SSSR count). The zero-order valence-corrected chi connectivity index (χ0v) is 10.9. The summed E-state index contributed by atoms with van der Waals surface area (Å²) in [6.07, 6.45) is 1.50. The highest BCUT2D eigenvalue weighted by atomic mass is 79.9. The van der Waals surface area contributed by atoms with Crippen LogP contribution in [0.3, 0.4) is 0 Å². The van der Waals surface area contributed by atoms with E-state index in [4.69, 9.17) is 10.8 Å². The van der Waals surface area contributed by atoms with Gasteiger partial charge >= 0.3 is 5.97 Å². The molecule has 0 aliphatic rings. The normalized spacial score (nSPS) is 12.4. The van der Waals surface area contributed by atoms with Gasteiger partial charge in [0.15, 0.2) is 0 Å². The third-order valence-electron chi connectivity index (χ3n) is 2.51. The maximum absolute atomic E-state index is 13.1. The molecule has 1 atom stereocenters. The molecule has 0 heterocycles. The number of hydrogen-bond donors (Lipinski definition) is 2. The standard InChI is InChI=1S/C12H15BrFNO2/c13-10-5-8(6-11(14)7-10)4-9(12(16)17)2-1-3-15/h5-7,9H,1-4,15H2,(H,16,17). The lowest BCUT2D eigenvalue weighted by atomic mass is 9.95. The molecule has 0 fully saturated rings. The van der Waals surface area contributed by atoms with Crippen LogP contribution in [0.25, 0.3) is 0 Å². The molecule has 1 aromatic rings. The highest BCUT2D eigenvalue weighted by Crippen LogP contribution is 2.20. The van der Waals surface area contributed by atoms with E-state index in [1.54, 1.807) is 6.07 Å². The van der Waals surface area contributed by atoms with E-state index in [1.807, 2.05) is 0 Å². The van der Waals surface area contributed by atoms with Crippen molar-refractivity contribution in [3.8, 4) is 0 Å². The minimum absolute atomic E-state index is 0.325. The fourth-order valence-electron chi connectivity index (χ4n) is 1.69. The highest BCUT2D eigenvalue weighted by Gasteiger charge is 2.17. The molecule has 0 aliphatic heterocycles. The third kappa shape index (κ3) is 4.83. The molecule has 0 saturated heterocycles. The molecule has 0 aromatic heterocycles. The van der Waals surface area contributed by atoms with Crippen LogP contribution >= 0.6 is 15.9 Å². The zero-order valence-electron chi connectivity index (χ0n) is 9.33. The van der Waals surface area contributed by atoms with Crippen LogP contribution in [0, 0.1) is 11.7 Å². The summed E-state index contributed by atoms with van der Waals surface area (Å²) in [5.41, 5.74) is 6.04. The van der Waals surface area contributed by atoms with Gasteiger partial charge in [0.25, 0.3) is 0 Å². The Bertz CT molecular complexity index is 378. The highest BCUT2D eigenvalue weighted by molar-refractivity contribution is 9.10. The summed E-state index contributed by atoms with van der Waals surface area (Å²) >= 11 is 3.19. The molecule has 1 unspecified atom stereocenters. The van der Waals surface area contributed by atoms with Crippen LogP contribution in [0.15, 0.2) is 22.7 Å². The topological polar surface area (TPSA) is 63.3 Å². The number of aliphatic carboxylic acids is 1. The Balaban J connectivity index is 2.74. The fraction of sp³-hybridized carbons (Fsp3) is 0.417. The van der Waals surface area contributed by atoms with Crippen molar-refractivity contribution >= 4 is 21.9 Å². The van der Waals surface area contributed by atoms with Crippen molar-refractivity contribution in [2.75, 3.05) is 6.54 Å². The van der Waals surface area contributed by atoms with Crippen molar-refractivity contribution in [2.45, 2.75) is 19.3 Å². The molecule has 0 saturated carbocycles. The van der Waals surface area contributed by atoms with E-state index in [1.165, 1.54) is 12.1 Å². The van der Waals surface area contributed by atoms with Gasteiger partial charge in [0.05, 0.1) is 5.92 Å². The maximum atomic E-state index is 13.1. The van der Waals surface area contributed by atoms with Crippen molar-refractivity contribution < 1.29 is 14.3 Å². The van der Waals surface area contributed by atoms with Gasteiger partial charge in [-0.1, -0.05) is 15.9 Å². The summed E-state index contributed by atoms with van der Waals surface area (Å²) in [5.74, 6) is -1.73. The van der Waals surface area contributed by atoms with Crippen molar-refractivity contribution in [2.24, 2.45) is 11.7 Å². The van der Waals surface area contributed by atoms with Crippen molar-refractivity contribution in [3.63, 3.8) is 0 Å². The van der Waals surface area contributed by atoms with Crippen LogP contribution in [-0.4, -0.2) is 17.6 Å². The molecule has 17 heavy (non-hydrogen) atoms. The van der Waals surface area contributed by atoms with E-state index in [0.29, 0.717) is 35.8 Å². The van der Waals surface area contributed by atoms with Gasteiger partial charge in [-0.05, 0) is 49.6 Å². The number of carboxylic acids is 1. The lowest BCUT2D eigenvalue weighted by Crippen LogP contribution is -2.18. The molecule has 0 bridgehead atoms. The van der Waals surface area contributed by atoms with Gasteiger partial charge in [0, 0.05) is 4.47 Å². The summed E-state index contributed by atoms with van der Waals surface area (Å²) in [5, 5.41) is 9.05. The van der Waals surface area contributed by atoms with Crippen LogP contribution < -0.4 is 5.73 Å². The maximum Gasteiger partial charge on any atom is 0.306 e. The summed E-state index contributed by atoms with van der Waals surface area (Å²) in [4.78, 5) is 11.0. The minimum atomic E-state index is -0.862. The lowest BCUT2D eigenvalue weighted by Gasteiger charge is -2.12. The molecular formula is C12H15BrFNO2. The van der Waals surface area contributed by atoms with Gasteiger partial charge in [-0.3, -0.25) is 4.79 Å². The van der Waals surface area contributed by atoms with Crippen LogP contribution in [0.5, 0.6) is 0 Å². The molecule has 0 amide bonds. The molecular weight excluding hydrogens is 289 g/mol. The van der Waals surface area contributed by atoms with E-state index in [0.717, 1.165) is 0 Å². The summed E-state index contributed by atoms with van der Waals surface area (Å²) in [6.45, 7) is 0.469. The first-order chi connectivity index (χ1) is 8.02. The number of rotatable bonds is 6. The van der Waals surface area contributed by atoms with E-state index in [-0.39, 0.29) is 5.82 Å². The fourth-order valence-corrected chi connectivity index (χ4v) is 2.20. The van der Waals surface area contributed by atoms with Crippen molar-refractivity contribution in [3.05, 3.63) is 34.1 Å². The molecule has 3 nitrogen and oxygen atoms in total. The molecule has 0 spiro atoms. The van der Waals surface area contributed by atoms with Crippen LogP contribution in [0.1, 0.15) is 18.4 Å². The number of carbonyl (C=O) groups is 1. The second-order valence-electron chi connectivity index (χ2n) is 3.95. The minimum Gasteiger partial charge on any atom is -0.481 e. The Kier molecular flexibility index (Phi) is 5.58. The van der Waals surface area contributed by atoms with Gasteiger partial charge in [-0.25, -0.2) is 4.39 Å². The Hall–Kier alpha value is -0.940. The van der Waals surface area contributed by atoms with E-state index in [2.05, 4.69) is 15.9 Å². The zero-order chi connectivity index (χ0) is 12.8. The monoisotopic (exact) mass is 303 g/mol. The summed E-state index contributed by atoms with van der Waals surface area (Å²) in [6, 6.07) is 4.45. The summed E-state index contributed by atoms with van der Waals surface area (Å²) < 4.78 is 13.8. The largest absolute Gasteiger partial charge is 0.481 e. The predicted molar refractivity (Wildman–Crippen MR) is 67.2 cm³/mol. The van der Waals surface area contributed by atoms with Crippen molar-refractivity contribution in [1.82, 2.24) is 0 Å². The smallest absolute Gasteiger partial charge is 0.306 e. The van der Waals surface area contributed by atoms with Gasteiger partial charge in [-0.2, -0.15) is 0 Å². The quantitative estimate of drug-likeness (QED) is 0.849. The van der Waals surface area contributed by atoms with Crippen LogP contribution in [0.2, 0.25) is 0 Å². The molecule has 0 radical (unpaired) electrons. The average Bonchev–Trinajstić information content (AvgIpc) is 2.22. The van der Waals surface area contributed by atoms with Gasteiger partial charge < -0.3 is 10.8 Å². The van der Waals surface area contributed by atoms with Crippen LogP contribution in [0.4, 0.5) is 4.39 Å². The molecule has 0 aliphatic carbocycles. The molecule has 3 N–H and O–H groups in total. The average molecular weight is 304 g/mol. The first kappa shape index (κ1) is 14.1. The Morgan fingerprint density at radius 2 is 2.18 bits per heavy atom. The third-order valence-corrected chi connectivity index (χ3v) is 2.97. The predicted octanol–water partition coefficient (Wildman–Crippen LogP) is 2.57. The van der Waals surface area contributed by atoms with E-state index < -0.39 is 11.9 Å². The van der Waals surface area contributed by atoms with Gasteiger partial charge in [0.2, 0.25) is 0 Å². The number of halogens is 2. The summed E-state index contributed by atoms with van der Waals surface area (Å²) in [7, 11) is 0. The Labute approximate surface area is 108 Å². The number of hydrogen-bond acceptors (Lipinski definition) is 2. The Morgan fingerprint density at radius 3 is 2.71 bits per heavy atom. The van der Waals surface area contributed by atoms with Crippen molar-refractivity contribution in [1.29, 1.82) is 0 Å². The molecule has 5 heteroatoms. The first-order valence-corrected chi connectivity index (χ1v) is 6.20. The van der Waals surface area contributed by atoms with Crippen LogP contribution in [-0.2, 0) is 11.2 Å². The Morgan fingerprint density at radius 1 is 1.47 bits per heavy atom. The number of benzene rings is 1. The van der Waals surface area contributed by atoms with Gasteiger partial charge in [-0.15, -0.1) is 0 Å². The second kappa shape index (κ2) is 6.71. The first-order valence-electron chi connectivity index (χ1n) is 5.40. The number of nitrogens with two attached hydrogens (primary N) is 1. The number of carboxylic acid groups (broad SMARTS) is 1. The lowest BCUT2D eigenvalue weighted by molar-refractivity contribution is -0.141. The molecule has 94 valence electrons. The second-order valence-corrected chi connectivity index (χ2v) is 4.86. The van der Waals surface area contributed by atoms with E-state index in [9.17, 15) is 9.18 Å². The van der Waals surface area contributed by atoms with Gasteiger partial charge in [0.1, 0.15) is 5.82 Å². The SMILES string of the molecule is NCCCC(Cc1cc(F)cc(Br)c1)C(=O)O. The molecule has 1 aromatic carbocycles.